The van der Waals surface area contributed by atoms with Gasteiger partial charge in [-0.2, -0.15) is 5.10 Å². The molecule has 0 amide bonds. The number of aromatic nitrogens is 5. The maximum Gasteiger partial charge on any atom is 0.341 e. The maximum atomic E-state index is 12.5. The van der Waals surface area contributed by atoms with Gasteiger partial charge in [-0.25, -0.2) is 19.4 Å². The van der Waals surface area contributed by atoms with E-state index in [9.17, 15) is 4.79 Å². The molecule has 0 saturated heterocycles. The summed E-state index contributed by atoms with van der Waals surface area (Å²) < 4.78 is 6.79. The van der Waals surface area contributed by atoms with E-state index in [0.717, 1.165) is 37.7 Å². The number of carbonyl (C=O) groups excluding carboxylic acids is 1. The number of thioether (sulfide) groups is 1. The van der Waals surface area contributed by atoms with Gasteiger partial charge in [0.2, 0.25) is 5.95 Å². The number of ether oxygens (including phenoxy) is 1. The van der Waals surface area contributed by atoms with Gasteiger partial charge in [0.15, 0.2) is 0 Å². The molecule has 3 aromatic heterocycles. The fraction of sp³-hybridized carbons (Fsp3) is 0.261. The summed E-state index contributed by atoms with van der Waals surface area (Å²) in [6.45, 7) is 7.97. The number of aromatic amines is 1. The summed E-state index contributed by atoms with van der Waals surface area (Å²) in [5, 5.41) is 8.01. The molecule has 0 spiro atoms. The number of nitrogens with one attached hydrogen (secondary N) is 1. The second-order valence-electron chi connectivity index (χ2n) is 7.47. The number of hydrogen-bond donors (Lipinski definition) is 1. The van der Waals surface area contributed by atoms with Gasteiger partial charge in [0.05, 0.1) is 29.1 Å². The highest BCUT2D eigenvalue weighted by Crippen LogP contribution is 2.41. The van der Waals surface area contributed by atoms with Gasteiger partial charge >= 0.3 is 5.97 Å². The van der Waals surface area contributed by atoms with Crippen molar-refractivity contribution in [2.45, 2.75) is 27.7 Å². The highest BCUT2D eigenvalue weighted by atomic mass is 32.2. The third-order valence-electron chi connectivity index (χ3n) is 5.22. The summed E-state index contributed by atoms with van der Waals surface area (Å²) in [7, 11) is 3.31. The summed E-state index contributed by atoms with van der Waals surface area (Å²) in [4.78, 5) is 28.1. The van der Waals surface area contributed by atoms with E-state index in [0.29, 0.717) is 17.2 Å². The molecule has 0 bridgehead atoms. The zero-order chi connectivity index (χ0) is 23.7. The standard InChI is InChI=1S/C23H24N6O2S2/c1-13-12-14(2)29(27-13)23-25-18(19(26-23)20-24-10-11-32-20)9-7-8-17(22(30)31-6)21-28(5)15(3)16(4)33-21/h8-12H,1-6H3,(H,25,26). The van der Waals surface area contributed by atoms with Crippen molar-refractivity contribution in [3.8, 4) is 16.6 Å². The Labute approximate surface area is 200 Å². The van der Waals surface area contributed by atoms with Crippen LogP contribution in [-0.4, -0.2) is 49.8 Å². The number of methoxy groups -OCH3 is 1. The second kappa shape index (κ2) is 9.27. The van der Waals surface area contributed by atoms with Crippen molar-refractivity contribution in [1.82, 2.24) is 29.6 Å². The molecule has 170 valence electrons. The number of thiazole rings is 1. The first-order valence-electron chi connectivity index (χ1n) is 10.2. The average molecular weight is 481 g/mol. The van der Waals surface area contributed by atoms with Crippen LogP contribution in [0.5, 0.6) is 0 Å². The quantitative estimate of drug-likeness (QED) is 0.318. The number of rotatable bonds is 5. The molecular formula is C23H24N6O2S2. The van der Waals surface area contributed by atoms with Crippen LogP contribution >= 0.6 is 23.1 Å². The normalized spacial score (nSPS) is 15.0. The Morgan fingerprint density at radius 1 is 1.27 bits per heavy atom. The Hall–Kier alpha value is -3.33. The first-order valence-corrected chi connectivity index (χ1v) is 11.9. The lowest BCUT2D eigenvalue weighted by Gasteiger charge is -2.16. The Balaban J connectivity index is 1.78. The fourth-order valence-corrected chi connectivity index (χ4v) is 5.10. The Kier molecular flexibility index (Phi) is 6.42. The third-order valence-corrected chi connectivity index (χ3v) is 7.29. The molecule has 4 heterocycles. The number of esters is 1. The number of carbonyl (C=O) groups is 1. The van der Waals surface area contributed by atoms with E-state index in [1.807, 2.05) is 51.1 Å². The molecule has 0 saturated carbocycles. The van der Waals surface area contributed by atoms with Crippen LogP contribution in [0.2, 0.25) is 0 Å². The lowest BCUT2D eigenvalue weighted by molar-refractivity contribution is -0.135. The zero-order valence-corrected chi connectivity index (χ0v) is 20.9. The molecule has 1 aliphatic heterocycles. The van der Waals surface area contributed by atoms with E-state index < -0.39 is 5.97 Å². The Morgan fingerprint density at radius 3 is 2.64 bits per heavy atom. The van der Waals surface area contributed by atoms with E-state index in [-0.39, 0.29) is 0 Å². The first kappa shape index (κ1) is 22.8. The largest absolute Gasteiger partial charge is 0.465 e. The van der Waals surface area contributed by atoms with E-state index in [2.05, 4.69) is 20.8 Å². The van der Waals surface area contributed by atoms with E-state index in [4.69, 9.17) is 9.72 Å². The maximum absolute atomic E-state index is 12.5. The van der Waals surface area contributed by atoms with Crippen LogP contribution in [0.4, 0.5) is 0 Å². The summed E-state index contributed by atoms with van der Waals surface area (Å²) >= 11 is 3.04. The molecule has 0 atom stereocenters. The Morgan fingerprint density at radius 2 is 2.06 bits per heavy atom. The van der Waals surface area contributed by atoms with Crippen LogP contribution in [0.1, 0.15) is 30.9 Å². The van der Waals surface area contributed by atoms with E-state index in [1.165, 1.54) is 18.4 Å². The molecule has 0 aliphatic carbocycles. The van der Waals surface area contributed by atoms with Crippen LogP contribution in [0.25, 0.3) is 22.7 Å². The van der Waals surface area contributed by atoms with Crippen molar-refractivity contribution >= 4 is 35.1 Å². The Bertz CT molecular complexity index is 1340. The SMILES string of the molecule is COC(=O)C(C=C=Cc1[nH]c(-n2nc(C)cc2C)nc1-c1nccs1)=C1SC(C)=C(C)N1C. The number of imidazole rings is 1. The van der Waals surface area contributed by atoms with Gasteiger partial charge in [-0.05, 0) is 39.8 Å². The highest BCUT2D eigenvalue weighted by molar-refractivity contribution is 8.07. The number of allylic oxidation sites excluding steroid dienone is 2. The average Bonchev–Trinajstić information content (AvgIpc) is 3.56. The summed E-state index contributed by atoms with van der Waals surface area (Å²) in [5.41, 5.74) is 7.96. The van der Waals surface area contributed by atoms with Crippen LogP contribution in [0, 0.1) is 13.8 Å². The van der Waals surface area contributed by atoms with Gasteiger partial charge in [0.25, 0.3) is 0 Å². The molecule has 3 aromatic rings. The molecule has 1 N–H and O–H groups in total. The topological polar surface area (TPSA) is 88.9 Å². The van der Waals surface area contributed by atoms with Gasteiger partial charge in [0.1, 0.15) is 10.7 Å². The highest BCUT2D eigenvalue weighted by Gasteiger charge is 2.25. The molecule has 0 aromatic carbocycles. The molecular weight excluding hydrogens is 456 g/mol. The van der Waals surface area contributed by atoms with Crippen molar-refractivity contribution < 1.29 is 9.53 Å². The van der Waals surface area contributed by atoms with Crippen LogP contribution < -0.4 is 0 Å². The van der Waals surface area contributed by atoms with Crippen molar-refractivity contribution in [1.29, 1.82) is 0 Å². The van der Waals surface area contributed by atoms with Crippen LogP contribution in [-0.2, 0) is 9.53 Å². The fourth-order valence-electron chi connectivity index (χ4n) is 3.36. The predicted molar refractivity (Wildman–Crippen MR) is 132 cm³/mol. The van der Waals surface area contributed by atoms with Gasteiger partial charge < -0.3 is 14.6 Å². The number of hydrogen-bond acceptors (Lipinski definition) is 8. The monoisotopic (exact) mass is 480 g/mol. The van der Waals surface area contributed by atoms with Gasteiger partial charge in [0, 0.05) is 41.0 Å². The van der Waals surface area contributed by atoms with Crippen molar-refractivity contribution in [3.63, 3.8) is 0 Å². The number of nitrogens with zero attached hydrogens (tertiary/aromatic N) is 5. The first-order chi connectivity index (χ1) is 15.8. The molecule has 0 fully saturated rings. The van der Waals surface area contributed by atoms with Crippen molar-refractivity contribution in [2.24, 2.45) is 0 Å². The number of H-pyrrole nitrogens is 1. The van der Waals surface area contributed by atoms with Gasteiger partial charge in [-0.3, -0.25) is 0 Å². The van der Waals surface area contributed by atoms with Crippen LogP contribution in [0.15, 0.2) is 50.7 Å². The molecule has 10 heteroatoms. The second-order valence-corrected chi connectivity index (χ2v) is 9.57. The lowest BCUT2D eigenvalue weighted by atomic mass is 10.2. The molecule has 8 nitrogen and oxygen atoms in total. The van der Waals surface area contributed by atoms with Gasteiger partial charge in [-0.1, -0.05) is 11.8 Å². The van der Waals surface area contributed by atoms with Crippen molar-refractivity contribution in [2.75, 3.05) is 14.2 Å². The molecule has 33 heavy (non-hydrogen) atoms. The van der Waals surface area contributed by atoms with E-state index in [1.54, 1.807) is 34.8 Å². The van der Waals surface area contributed by atoms with E-state index >= 15 is 0 Å². The smallest absolute Gasteiger partial charge is 0.341 e. The summed E-state index contributed by atoms with van der Waals surface area (Å²) in [5.74, 6) is 0.174. The minimum Gasteiger partial charge on any atom is -0.465 e. The minimum absolute atomic E-state index is 0.416. The zero-order valence-electron chi connectivity index (χ0n) is 19.3. The predicted octanol–water partition coefficient (Wildman–Crippen LogP) is 4.82. The molecule has 0 unspecified atom stereocenters. The number of aryl methyl sites for hydroxylation is 2. The molecule has 1 aliphatic rings. The third kappa shape index (κ3) is 4.45. The van der Waals surface area contributed by atoms with Crippen molar-refractivity contribution in [3.05, 3.63) is 67.7 Å². The summed E-state index contributed by atoms with van der Waals surface area (Å²) in [6.07, 6.45) is 5.15. The lowest BCUT2D eigenvalue weighted by Crippen LogP contribution is -2.14. The minimum atomic E-state index is -0.416. The van der Waals surface area contributed by atoms with Gasteiger partial charge in [-0.15, -0.1) is 17.1 Å². The molecule has 0 radical (unpaired) electrons. The van der Waals surface area contributed by atoms with Crippen LogP contribution in [0.3, 0.4) is 0 Å². The summed E-state index contributed by atoms with van der Waals surface area (Å²) in [6, 6.07) is 1.99. The molecule has 4 rings (SSSR count).